The number of ether oxygens (including phenoxy) is 4. The molecule has 0 aliphatic carbocycles. The predicted octanol–water partition coefficient (Wildman–Crippen LogP) is 3.95. The van der Waals surface area contributed by atoms with Gasteiger partial charge in [0.05, 0.1) is 41.8 Å². The van der Waals surface area contributed by atoms with E-state index in [1.165, 1.54) is 6.07 Å². The largest absolute Gasteiger partial charge is 0.491 e. The Kier molecular flexibility index (Phi) is 13.1. The molecule has 3 rings (SSSR count). The number of aliphatic hydroxyl groups is 1. The van der Waals surface area contributed by atoms with Crippen molar-refractivity contribution in [2.24, 2.45) is 0 Å². The highest BCUT2D eigenvalue weighted by atomic mass is 16.6. The number of hydrogen-bond donors (Lipinski definition) is 3. The molecule has 2 aromatic rings. The molecular formula is C33H40N4O9. The van der Waals surface area contributed by atoms with Gasteiger partial charge >= 0.3 is 17.6 Å². The fraction of sp³-hybridized carbons (Fsp3) is 0.424. The summed E-state index contributed by atoms with van der Waals surface area (Å²) in [5.41, 5.74) is 0.155. The summed E-state index contributed by atoms with van der Waals surface area (Å²) in [4.78, 5) is 38.1. The summed E-state index contributed by atoms with van der Waals surface area (Å²) < 4.78 is 22.1. The van der Waals surface area contributed by atoms with E-state index in [2.05, 4.69) is 10.6 Å². The third-order valence-electron chi connectivity index (χ3n) is 6.95. The van der Waals surface area contributed by atoms with Crippen LogP contribution in [0.25, 0.3) is 0 Å². The van der Waals surface area contributed by atoms with Crippen LogP contribution in [0.5, 0.6) is 11.5 Å². The maximum atomic E-state index is 13.4. The molecule has 0 spiro atoms. The van der Waals surface area contributed by atoms with Gasteiger partial charge in [-0.25, -0.2) is 9.59 Å². The van der Waals surface area contributed by atoms with Crippen LogP contribution in [0.4, 0.5) is 5.69 Å². The number of para-hydroxylation sites is 1. The van der Waals surface area contributed by atoms with Crippen molar-refractivity contribution in [2.45, 2.75) is 58.7 Å². The number of aryl methyl sites for hydroxylation is 1. The van der Waals surface area contributed by atoms with Crippen LogP contribution in [-0.2, 0) is 19.1 Å². The van der Waals surface area contributed by atoms with Crippen LogP contribution in [-0.4, -0.2) is 67.6 Å². The zero-order valence-corrected chi connectivity index (χ0v) is 26.6. The van der Waals surface area contributed by atoms with Crippen LogP contribution < -0.4 is 20.1 Å². The molecule has 0 radical (unpaired) electrons. The number of nitrogens with one attached hydrogen (secondary N) is 2. The summed E-state index contributed by atoms with van der Waals surface area (Å²) in [5.74, 6) is -2.38. The Bertz CT molecular complexity index is 1510. The Labute approximate surface area is 267 Å². The molecule has 0 fully saturated rings. The molecular weight excluding hydrogens is 596 g/mol. The smallest absolute Gasteiger partial charge is 0.337 e. The molecule has 0 saturated carbocycles. The van der Waals surface area contributed by atoms with Gasteiger partial charge in [0.25, 0.3) is 0 Å². The van der Waals surface area contributed by atoms with Crippen molar-refractivity contribution < 1.29 is 38.6 Å². The number of esters is 2. The Morgan fingerprint density at radius 2 is 1.83 bits per heavy atom. The summed E-state index contributed by atoms with van der Waals surface area (Å²) in [5, 5.41) is 38.2. The molecule has 13 heteroatoms. The fourth-order valence-electron chi connectivity index (χ4n) is 4.96. The zero-order chi connectivity index (χ0) is 33.8. The van der Waals surface area contributed by atoms with Crippen molar-refractivity contribution in [1.29, 1.82) is 5.26 Å². The maximum Gasteiger partial charge on any atom is 0.337 e. The number of nitrogens with zero attached hydrogens (tertiary/aromatic N) is 2. The third-order valence-corrected chi connectivity index (χ3v) is 6.95. The van der Waals surface area contributed by atoms with Gasteiger partial charge in [0, 0.05) is 23.9 Å². The molecule has 2 unspecified atom stereocenters. The highest BCUT2D eigenvalue weighted by Gasteiger charge is 2.42. The van der Waals surface area contributed by atoms with Crippen molar-refractivity contribution in [3.05, 3.63) is 86.2 Å². The number of rotatable bonds is 16. The van der Waals surface area contributed by atoms with Crippen molar-refractivity contribution in [3.8, 4) is 17.6 Å². The van der Waals surface area contributed by atoms with Gasteiger partial charge in [0.15, 0.2) is 0 Å². The number of benzene rings is 2. The van der Waals surface area contributed by atoms with E-state index in [0.717, 1.165) is 7.11 Å². The molecule has 1 aliphatic heterocycles. The van der Waals surface area contributed by atoms with Crippen LogP contribution in [0.15, 0.2) is 65.0 Å². The molecule has 0 saturated heterocycles. The van der Waals surface area contributed by atoms with E-state index in [9.17, 15) is 30.1 Å². The first-order valence-electron chi connectivity index (χ1n) is 14.9. The first-order valence-corrected chi connectivity index (χ1v) is 14.9. The van der Waals surface area contributed by atoms with Crippen LogP contribution in [0.2, 0.25) is 0 Å². The second kappa shape index (κ2) is 17.0. The number of carbonyl (C=O) groups excluding carboxylic acids is 2. The molecule has 0 aromatic heterocycles. The van der Waals surface area contributed by atoms with Crippen LogP contribution in [0, 0.1) is 28.4 Å². The lowest BCUT2D eigenvalue weighted by atomic mass is 9.79. The van der Waals surface area contributed by atoms with Gasteiger partial charge in [-0.1, -0.05) is 24.3 Å². The number of nitriles is 1. The summed E-state index contributed by atoms with van der Waals surface area (Å²) in [6, 6.07) is 14.1. The van der Waals surface area contributed by atoms with Gasteiger partial charge in [-0.15, -0.1) is 0 Å². The summed E-state index contributed by atoms with van der Waals surface area (Å²) >= 11 is 0. The van der Waals surface area contributed by atoms with Crippen molar-refractivity contribution in [3.63, 3.8) is 0 Å². The summed E-state index contributed by atoms with van der Waals surface area (Å²) in [7, 11) is 1.14. The number of allylic oxidation sites excluding steroid dienone is 2. The number of nitro groups is 1. The van der Waals surface area contributed by atoms with Crippen molar-refractivity contribution >= 4 is 17.6 Å². The van der Waals surface area contributed by atoms with E-state index in [-0.39, 0.29) is 52.8 Å². The molecule has 3 N–H and O–H groups in total. The van der Waals surface area contributed by atoms with E-state index in [1.807, 2.05) is 24.3 Å². The Balaban J connectivity index is 1.82. The molecule has 46 heavy (non-hydrogen) atoms. The van der Waals surface area contributed by atoms with E-state index < -0.39 is 35.0 Å². The molecule has 2 aromatic carbocycles. The average molecular weight is 637 g/mol. The van der Waals surface area contributed by atoms with E-state index in [1.54, 1.807) is 45.9 Å². The first-order chi connectivity index (χ1) is 22.0. The lowest BCUT2D eigenvalue weighted by Gasteiger charge is -2.30. The van der Waals surface area contributed by atoms with Gasteiger partial charge in [0.1, 0.15) is 30.2 Å². The van der Waals surface area contributed by atoms with Crippen LogP contribution in [0.3, 0.4) is 0 Å². The second-order valence-corrected chi connectivity index (χ2v) is 10.9. The quantitative estimate of drug-likeness (QED) is 0.105. The van der Waals surface area contributed by atoms with Gasteiger partial charge in [-0.3, -0.25) is 10.1 Å². The van der Waals surface area contributed by atoms with Gasteiger partial charge in [-0.2, -0.15) is 5.26 Å². The lowest BCUT2D eigenvalue weighted by molar-refractivity contribution is -0.386. The standard InChI is InChI=1S/C33H40N4O9/c1-20(2)46-33(40)28-22(4)36-26(17-34)30(32(39)43-5)29(28)25-15-21(3)16-27(37(41)42)31(25)44-14-10-9-13-35-18-23(38)19-45-24-11-7-6-8-12-24/h6-8,11-12,15-16,20,23,29,35-36,38H,9-10,13-14,18-19H2,1-5H3. The highest BCUT2D eigenvalue weighted by Crippen LogP contribution is 2.46. The molecule has 0 bridgehead atoms. The minimum atomic E-state index is -1.26. The number of carbonyl (C=O) groups is 2. The average Bonchev–Trinajstić information content (AvgIpc) is 3.02. The minimum Gasteiger partial charge on any atom is -0.491 e. The van der Waals surface area contributed by atoms with Gasteiger partial charge in [0.2, 0.25) is 5.75 Å². The maximum absolute atomic E-state index is 13.4. The number of methoxy groups -OCH3 is 1. The van der Waals surface area contributed by atoms with Crippen molar-refractivity contribution in [1.82, 2.24) is 10.6 Å². The van der Waals surface area contributed by atoms with E-state index in [0.29, 0.717) is 37.2 Å². The molecule has 13 nitrogen and oxygen atoms in total. The SMILES string of the molecule is COC(=O)C1=C(C#N)NC(C)=C(C(=O)OC(C)C)C1c1cc(C)cc([N+](=O)[O-])c1OCCCCNCC(O)COc1ccccc1. The van der Waals surface area contributed by atoms with Gasteiger partial charge < -0.3 is 34.7 Å². The first kappa shape index (κ1) is 35.5. The monoisotopic (exact) mass is 636 g/mol. The normalized spacial score (nSPS) is 15.1. The van der Waals surface area contributed by atoms with E-state index >= 15 is 0 Å². The summed E-state index contributed by atoms with van der Waals surface area (Å²) in [6.07, 6.45) is -0.126. The second-order valence-electron chi connectivity index (χ2n) is 10.9. The Morgan fingerprint density at radius 3 is 2.46 bits per heavy atom. The lowest BCUT2D eigenvalue weighted by Crippen LogP contribution is -2.33. The van der Waals surface area contributed by atoms with Crippen LogP contribution >= 0.6 is 0 Å². The third kappa shape index (κ3) is 9.29. The number of hydrogen-bond acceptors (Lipinski definition) is 12. The number of aliphatic hydroxyl groups excluding tert-OH is 1. The van der Waals surface area contributed by atoms with Gasteiger partial charge in [-0.05, 0) is 64.8 Å². The molecule has 246 valence electrons. The van der Waals surface area contributed by atoms with Crippen LogP contribution in [0.1, 0.15) is 50.7 Å². The highest BCUT2D eigenvalue weighted by molar-refractivity contribution is 6.01. The molecule has 1 heterocycles. The topological polar surface area (TPSA) is 182 Å². The van der Waals surface area contributed by atoms with E-state index in [4.69, 9.17) is 18.9 Å². The fourth-order valence-corrected chi connectivity index (χ4v) is 4.96. The number of unbranched alkanes of at least 4 members (excludes halogenated alkanes) is 1. The van der Waals surface area contributed by atoms with Crippen molar-refractivity contribution in [2.75, 3.05) is 33.4 Å². The zero-order valence-electron chi connectivity index (χ0n) is 26.6. The molecule has 0 amide bonds. The molecule has 2 atom stereocenters. The molecule has 1 aliphatic rings. The number of nitro benzene ring substituents is 1. The minimum absolute atomic E-state index is 0.00292. The summed E-state index contributed by atoms with van der Waals surface area (Å²) in [6.45, 7) is 7.57. The predicted molar refractivity (Wildman–Crippen MR) is 168 cm³/mol. The Hall–Kier alpha value is -4.93. The Morgan fingerprint density at radius 1 is 1.11 bits per heavy atom. The number of dihydropyridines is 1.